The molecule has 11 heteroatoms. The second-order valence-corrected chi connectivity index (χ2v) is 13.8. The summed E-state index contributed by atoms with van der Waals surface area (Å²) >= 11 is 0. The first-order valence-electron chi connectivity index (χ1n) is 18.0. The summed E-state index contributed by atoms with van der Waals surface area (Å²) in [7, 11) is -4.58. The van der Waals surface area contributed by atoms with Gasteiger partial charge in [0.25, 0.3) is 0 Å². The van der Waals surface area contributed by atoms with Gasteiger partial charge in [-0.15, -0.1) is 0 Å². The summed E-state index contributed by atoms with van der Waals surface area (Å²) in [6.45, 7) is 2.52. The van der Waals surface area contributed by atoms with Gasteiger partial charge in [0.05, 0.1) is 13.2 Å². The fourth-order valence-electron chi connectivity index (χ4n) is 4.88. The molecule has 0 rings (SSSR count). The van der Waals surface area contributed by atoms with E-state index < -0.39 is 45.2 Å². The minimum atomic E-state index is -4.58. The van der Waals surface area contributed by atoms with E-state index in [9.17, 15) is 29.3 Å². The summed E-state index contributed by atoms with van der Waals surface area (Å²) in [6, 6.07) is 0. The minimum Gasteiger partial charge on any atom is -0.463 e. The number of unbranched alkanes of at least 4 members (excludes halogenated alkanes) is 20. The Balaban J connectivity index is 3.73. The molecule has 0 spiro atoms. The van der Waals surface area contributed by atoms with Gasteiger partial charge in [0.15, 0.2) is 0 Å². The highest BCUT2D eigenvalue weighted by atomic mass is 31.2. The summed E-state index contributed by atoms with van der Waals surface area (Å²) in [5, 5.41) is 19.9. The maximum Gasteiger partial charge on any atom is 0.472 e. The number of phosphoric ester groups is 1. The molecular formula is C34H67O10P. The smallest absolute Gasteiger partial charge is 0.463 e. The van der Waals surface area contributed by atoms with Crippen molar-refractivity contribution in [1.82, 2.24) is 0 Å². The number of carbonyl (C=O) groups is 2. The van der Waals surface area contributed by atoms with Crippen molar-refractivity contribution in [2.45, 2.75) is 180 Å². The molecule has 0 aliphatic carbocycles. The van der Waals surface area contributed by atoms with E-state index >= 15 is 0 Å². The zero-order valence-electron chi connectivity index (χ0n) is 28.6. The van der Waals surface area contributed by atoms with Crippen molar-refractivity contribution >= 4 is 19.8 Å². The molecule has 3 N–H and O–H groups in total. The van der Waals surface area contributed by atoms with Crippen LogP contribution in [0.2, 0.25) is 0 Å². The predicted molar refractivity (Wildman–Crippen MR) is 178 cm³/mol. The van der Waals surface area contributed by atoms with Crippen LogP contribution in [0, 0.1) is 0 Å². The lowest BCUT2D eigenvalue weighted by Gasteiger charge is -2.17. The van der Waals surface area contributed by atoms with Gasteiger partial charge in [-0.2, -0.15) is 0 Å². The molecule has 0 heterocycles. The van der Waals surface area contributed by atoms with Crippen LogP contribution in [0.3, 0.4) is 0 Å². The van der Waals surface area contributed by atoms with E-state index in [0.717, 1.165) is 38.5 Å². The monoisotopic (exact) mass is 666 g/mol. The molecule has 0 radical (unpaired) electrons. The summed E-state index contributed by atoms with van der Waals surface area (Å²) in [4.78, 5) is 33.5. The van der Waals surface area contributed by atoms with E-state index in [4.69, 9.17) is 18.5 Å². The Labute approximate surface area is 273 Å². The van der Waals surface area contributed by atoms with Gasteiger partial charge in [-0.1, -0.05) is 142 Å². The van der Waals surface area contributed by atoms with E-state index in [-0.39, 0.29) is 26.1 Å². The van der Waals surface area contributed by atoms with Gasteiger partial charge in [-0.25, -0.2) is 4.57 Å². The number of hydrogen-bond donors (Lipinski definition) is 3. The topological polar surface area (TPSA) is 149 Å². The third-order valence-electron chi connectivity index (χ3n) is 7.70. The predicted octanol–water partition coefficient (Wildman–Crippen LogP) is 8.33. The molecule has 0 aromatic carbocycles. The van der Waals surface area contributed by atoms with Crippen molar-refractivity contribution in [3.05, 3.63) is 0 Å². The van der Waals surface area contributed by atoms with Gasteiger partial charge >= 0.3 is 19.8 Å². The van der Waals surface area contributed by atoms with Crippen LogP contribution in [-0.4, -0.2) is 65.7 Å². The van der Waals surface area contributed by atoms with Crippen molar-refractivity contribution in [2.75, 3.05) is 26.4 Å². The quantitative estimate of drug-likeness (QED) is 0.0348. The average molecular weight is 667 g/mol. The highest BCUT2D eigenvalue weighted by molar-refractivity contribution is 7.47. The molecule has 0 saturated carbocycles. The van der Waals surface area contributed by atoms with Gasteiger partial charge in [-0.3, -0.25) is 18.6 Å². The first-order valence-corrected chi connectivity index (χ1v) is 19.5. The van der Waals surface area contributed by atoms with E-state index in [0.29, 0.717) is 0 Å². The molecule has 0 unspecified atom stereocenters. The summed E-state index contributed by atoms with van der Waals surface area (Å²) in [5.74, 6) is -0.871. The van der Waals surface area contributed by atoms with Crippen LogP contribution in [0.1, 0.15) is 168 Å². The average Bonchev–Trinajstić information content (AvgIpc) is 3.02. The Kier molecular flexibility index (Phi) is 30.8. The fourth-order valence-corrected chi connectivity index (χ4v) is 5.68. The second kappa shape index (κ2) is 31.6. The number of phosphoric acid groups is 1. The van der Waals surface area contributed by atoms with E-state index in [2.05, 4.69) is 13.8 Å². The molecule has 0 amide bonds. The Morgan fingerprint density at radius 3 is 1.04 bits per heavy atom. The van der Waals surface area contributed by atoms with Crippen LogP contribution < -0.4 is 0 Å². The molecule has 2 atom stereocenters. The molecule has 0 aliphatic rings. The molecule has 0 fully saturated rings. The third kappa shape index (κ3) is 32.7. The van der Waals surface area contributed by atoms with E-state index in [1.54, 1.807) is 0 Å². The molecule has 0 saturated heterocycles. The molecule has 10 nitrogen and oxygen atoms in total. The largest absolute Gasteiger partial charge is 0.472 e. The van der Waals surface area contributed by atoms with Crippen molar-refractivity contribution in [2.24, 2.45) is 0 Å². The first kappa shape index (κ1) is 44.0. The van der Waals surface area contributed by atoms with E-state index in [1.807, 2.05) is 0 Å². The van der Waals surface area contributed by atoms with E-state index in [1.165, 1.54) is 103 Å². The van der Waals surface area contributed by atoms with Crippen molar-refractivity contribution in [1.29, 1.82) is 0 Å². The van der Waals surface area contributed by atoms with Gasteiger partial charge < -0.3 is 24.6 Å². The zero-order valence-corrected chi connectivity index (χ0v) is 29.5. The maximum atomic E-state index is 12.0. The number of aliphatic hydroxyl groups excluding tert-OH is 2. The van der Waals surface area contributed by atoms with Crippen molar-refractivity contribution in [3.8, 4) is 0 Å². The SMILES string of the molecule is CCCCCCCCCCCCCC(=O)OC[C@@H](O)COP(=O)(O)OC[C@H](O)COC(=O)CCCCCCCCCCCCC. The van der Waals surface area contributed by atoms with Crippen LogP contribution in [0.15, 0.2) is 0 Å². The zero-order chi connectivity index (χ0) is 33.4. The number of hydrogen-bond acceptors (Lipinski definition) is 9. The summed E-state index contributed by atoms with van der Waals surface area (Å²) < 4.78 is 31.5. The lowest BCUT2D eigenvalue weighted by atomic mass is 10.1. The Hall–Kier alpha value is -1.03. The molecule has 45 heavy (non-hydrogen) atoms. The third-order valence-corrected chi connectivity index (χ3v) is 8.65. The number of aliphatic hydroxyl groups is 2. The van der Waals surface area contributed by atoms with Crippen LogP contribution in [0.25, 0.3) is 0 Å². The standard InChI is InChI=1S/C34H67O10P/c1-3-5-7-9-11-13-15-17-19-21-23-25-33(37)41-27-31(35)29-43-45(39,40)44-30-32(36)28-42-34(38)26-24-22-20-18-16-14-12-10-8-6-4-2/h31-32,35-36H,3-30H2,1-2H3,(H,39,40)/t31-,32-/m1/s1. The molecular weight excluding hydrogens is 599 g/mol. The maximum absolute atomic E-state index is 12.0. The van der Waals surface area contributed by atoms with Crippen LogP contribution in [0.4, 0.5) is 0 Å². The van der Waals surface area contributed by atoms with Crippen molar-refractivity contribution < 1.29 is 47.8 Å². The van der Waals surface area contributed by atoms with Crippen LogP contribution in [0.5, 0.6) is 0 Å². The number of carbonyl (C=O) groups excluding carboxylic acids is 2. The molecule has 0 bridgehead atoms. The normalized spacial score (nSPS) is 13.1. The lowest BCUT2D eigenvalue weighted by molar-refractivity contribution is -0.147. The number of rotatable bonds is 34. The summed E-state index contributed by atoms with van der Waals surface area (Å²) in [6.07, 6.45) is 23.8. The highest BCUT2D eigenvalue weighted by Crippen LogP contribution is 2.43. The Morgan fingerprint density at radius 1 is 0.489 bits per heavy atom. The van der Waals surface area contributed by atoms with Gasteiger partial charge in [0.1, 0.15) is 25.4 Å². The second-order valence-electron chi connectivity index (χ2n) is 12.3. The first-order chi connectivity index (χ1) is 21.7. The van der Waals surface area contributed by atoms with Crippen LogP contribution in [-0.2, 0) is 32.7 Å². The lowest BCUT2D eigenvalue weighted by Crippen LogP contribution is -2.25. The molecule has 268 valence electrons. The van der Waals surface area contributed by atoms with Crippen LogP contribution >= 0.6 is 7.82 Å². The number of esters is 2. The minimum absolute atomic E-state index is 0.258. The van der Waals surface area contributed by atoms with Gasteiger partial charge in [-0.05, 0) is 12.8 Å². The fraction of sp³-hybridized carbons (Fsp3) is 0.941. The Bertz CT molecular complexity index is 680. The van der Waals surface area contributed by atoms with Gasteiger partial charge in [0, 0.05) is 12.8 Å². The highest BCUT2D eigenvalue weighted by Gasteiger charge is 2.25. The van der Waals surface area contributed by atoms with Gasteiger partial charge in [0.2, 0.25) is 0 Å². The molecule has 0 aliphatic heterocycles. The summed E-state index contributed by atoms with van der Waals surface area (Å²) in [5.41, 5.74) is 0. The number of ether oxygens (including phenoxy) is 2. The molecule has 0 aromatic rings. The Morgan fingerprint density at radius 2 is 0.756 bits per heavy atom. The van der Waals surface area contributed by atoms with Crippen molar-refractivity contribution in [3.63, 3.8) is 0 Å². The molecule has 0 aromatic heterocycles.